The third-order valence-corrected chi connectivity index (χ3v) is 6.57. The zero-order valence-electron chi connectivity index (χ0n) is 23.7. The Kier molecular flexibility index (Phi) is 9.03. The highest BCUT2D eigenvalue weighted by atomic mass is 16.5. The van der Waals surface area contributed by atoms with E-state index in [-0.39, 0.29) is 24.6 Å². The number of ether oxygens (including phenoxy) is 2. The van der Waals surface area contributed by atoms with Gasteiger partial charge in [0.25, 0.3) is 0 Å². The Morgan fingerprint density at radius 1 is 1.36 bits per heavy atom. The average molecular weight is 537 g/mol. The Labute approximate surface area is 229 Å². The second-order valence-corrected chi connectivity index (χ2v) is 9.93. The van der Waals surface area contributed by atoms with E-state index in [1.54, 1.807) is 10.9 Å². The van der Waals surface area contributed by atoms with Crippen molar-refractivity contribution in [3.8, 4) is 17.1 Å². The van der Waals surface area contributed by atoms with Gasteiger partial charge in [0, 0.05) is 25.5 Å². The molecule has 11 heteroatoms. The highest BCUT2D eigenvalue weighted by Crippen LogP contribution is 2.34. The van der Waals surface area contributed by atoms with Crippen molar-refractivity contribution in [2.75, 3.05) is 32.8 Å². The maximum atomic E-state index is 9.82. The fourth-order valence-electron chi connectivity index (χ4n) is 4.84. The van der Waals surface area contributed by atoms with Crippen molar-refractivity contribution in [3.63, 3.8) is 0 Å². The van der Waals surface area contributed by atoms with Crippen LogP contribution in [-0.2, 0) is 11.8 Å². The topological polar surface area (TPSA) is 140 Å². The first-order valence-electron chi connectivity index (χ1n) is 13.5. The summed E-state index contributed by atoms with van der Waals surface area (Å²) in [5.74, 6) is 0.946. The van der Waals surface area contributed by atoms with Gasteiger partial charge in [0.2, 0.25) is 5.88 Å². The lowest BCUT2D eigenvalue weighted by molar-refractivity contribution is 0.146. The smallest absolute Gasteiger partial charge is 0.221 e. The molecule has 210 valence electrons. The van der Waals surface area contributed by atoms with E-state index in [1.165, 1.54) is 0 Å². The third-order valence-electron chi connectivity index (χ3n) is 6.57. The van der Waals surface area contributed by atoms with Gasteiger partial charge in [-0.3, -0.25) is 20.0 Å². The Bertz CT molecular complexity index is 1390. The number of aliphatic imine (C=N–C) groups is 1. The lowest BCUT2D eigenvalue weighted by Gasteiger charge is -2.27. The van der Waals surface area contributed by atoms with Gasteiger partial charge < -0.3 is 20.3 Å². The van der Waals surface area contributed by atoms with Gasteiger partial charge in [-0.15, -0.1) is 0 Å². The predicted molar refractivity (Wildman–Crippen MR) is 154 cm³/mol. The molecule has 4 heterocycles. The summed E-state index contributed by atoms with van der Waals surface area (Å²) < 4.78 is 14.1. The molecule has 1 aliphatic heterocycles. The number of aryl methyl sites for hydroxylation is 2. The fourth-order valence-corrected chi connectivity index (χ4v) is 4.84. The van der Waals surface area contributed by atoms with E-state index in [1.807, 2.05) is 46.0 Å². The molecule has 11 nitrogen and oxygen atoms in total. The number of hydrogen-bond donors (Lipinski definition) is 3. The summed E-state index contributed by atoms with van der Waals surface area (Å²) in [7, 11) is 1.88. The summed E-state index contributed by atoms with van der Waals surface area (Å²) in [5.41, 5.74) is 11.8. The quantitative estimate of drug-likeness (QED) is 0.408. The largest absolute Gasteiger partial charge is 0.479 e. The number of fused-ring (bicyclic) bond motifs is 3. The molecule has 0 spiro atoms. The van der Waals surface area contributed by atoms with Gasteiger partial charge in [0.05, 0.1) is 64.9 Å². The van der Waals surface area contributed by atoms with Gasteiger partial charge in [-0.25, -0.2) is 4.68 Å². The van der Waals surface area contributed by atoms with Crippen molar-refractivity contribution in [2.24, 2.45) is 17.8 Å². The zero-order chi connectivity index (χ0) is 28.1. The van der Waals surface area contributed by atoms with Gasteiger partial charge >= 0.3 is 0 Å². The minimum atomic E-state index is -0.308. The number of nitrogens with two attached hydrogens (primary N) is 1. The molecule has 0 amide bonds. The molecule has 0 aliphatic carbocycles. The summed E-state index contributed by atoms with van der Waals surface area (Å²) in [6.07, 6.45) is 6.36. The van der Waals surface area contributed by atoms with E-state index in [4.69, 9.17) is 25.2 Å². The lowest BCUT2D eigenvalue weighted by atomic mass is 10.1. The molecule has 2 atom stereocenters. The molecule has 1 aliphatic rings. The molecular weight excluding hydrogens is 496 g/mol. The molecule has 2 unspecified atom stereocenters. The van der Waals surface area contributed by atoms with Crippen LogP contribution in [0.4, 0.5) is 0 Å². The minimum absolute atomic E-state index is 0.0786. The Morgan fingerprint density at radius 3 is 2.87 bits per heavy atom. The number of rotatable bonds is 6. The van der Waals surface area contributed by atoms with Crippen LogP contribution in [0.2, 0.25) is 0 Å². The Balaban J connectivity index is 1.94. The molecule has 0 aromatic carbocycles. The van der Waals surface area contributed by atoms with E-state index in [0.717, 1.165) is 52.2 Å². The molecule has 0 radical (unpaired) electrons. The van der Waals surface area contributed by atoms with Crippen LogP contribution in [0.1, 0.15) is 45.5 Å². The van der Waals surface area contributed by atoms with Crippen LogP contribution in [0.3, 0.4) is 0 Å². The van der Waals surface area contributed by atoms with E-state index >= 15 is 0 Å². The van der Waals surface area contributed by atoms with E-state index in [2.05, 4.69) is 34.0 Å². The number of pyridine rings is 1. The first-order chi connectivity index (χ1) is 18.7. The number of nitrogens with zero attached hydrogens (tertiary/aromatic N) is 6. The van der Waals surface area contributed by atoms with Crippen molar-refractivity contribution in [2.45, 2.75) is 53.2 Å². The van der Waals surface area contributed by atoms with Crippen molar-refractivity contribution in [1.29, 1.82) is 0 Å². The second kappa shape index (κ2) is 12.4. The summed E-state index contributed by atoms with van der Waals surface area (Å²) in [5, 5.41) is 23.0. The fraction of sp³-hybridized carbons (Fsp3) is 0.500. The van der Waals surface area contributed by atoms with Crippen LogP contribution in [0.15, 0.2) is 34.8 Å². The number of nitrogens with one attached hydrogen (secondary N) is 1. The first-order valence-corrected chi connectivity index (χ1v) is 13.5. The maximum Gasteiger partial charge on any atom is 0.221 e. The SMILES string of the molecule is CCCN1CC(=NC(C)CO)C(=C(\N)OCC)/C=C/c2n[nH]c3cnc(cc23)-c2c(C)nn(C)c2OC(C)C1. The Morgan fingerprint density at radius 2 is 2.15 bits per heavy atom. The van der Waals surface area contributed by atoms with Crippen LogP contribution in [0, 0.1) is 6.92 Å². The predicted octanol–water partition coefficient (Wildman–Crippen LogP) is 3.20. The number of aromatic amines is 1. The average Bonchev–Trinajstić information content (AvgIpc) is 3.42. The Hall–Kier alpha value is -3.70. The lowest BCUT2D eigenvalue weighted by Crippen LogP contribution is -2.39. The molecular formula is C28H40N8O3. The highest BCUT2D eigenvalue weighted by Gasteiger charge is 2.24. The van der Waals surface area contributed by atoms with Gasteiger partial charge in [-0.1, -0.05) is 6.92 Å². The third kappa shape index (κ3) is 6.31. The van der Waals surface area contributed by atoms with Crippen LogP contribution in [0.25, 0.3) is 28.2 Å². The number of allylic oxidation sites excluding steroid dienone is 1. The monoisotopic (exact) mass is 536 g/mol. The molecule has 3 aromatic rings. The normalized spacial score (nSPS) is 20.8. The number of H-pyrrole nitrogens is 1. The second-order valence-electron chi connectivity index (χ2n) is 9.93. The van der Waals surface area contributed by atoms with Crippen molar-refractivity contribution in [3.05, 3.63) is 41.2 Å². The van der Waals surface area contributed by atoms with Gasteiger partial charge in [-0.05, 0) is 58.9 Å². The summed E-state index contributed by atoms with van der Waals surface area (Å²) in [4.78, 5) is 11.9. The molecule has 2 bridgehead atoms. The standard InChI is InChI=1S/C28H40N8O3/c1-7-11-36-14-18(4)39-28-26(19(5)34-35(28)6)23-12-21-22(32-33-24(21)13-30-23)10-9-20(27(29)38-8-2)25(15-36)31-17(3)16-37/h9-10,12-13,17-18,37H,7-8,11,14-16,29H2,1-6H3,(H,32,33)/b10-9+,27-20+,31-25?. The number of hydrogen-bond acceptors (Lipinski definition) is 9. The zero-order valence-corrected chi connectivity index (χ0v) is 23.7. The molecule has 0 saturated heterocycles. The van der Waals surface area contributed by atoms with Gasteiger partial charge in [0.15, 0.2) is 5.88 Å². The number of aliphatic hydroxyl groups is 1. The van der Waals surface area contributed by atoms with Crippen molar-refractivity contribution in [1.82, 2.24) is 29.9 Å². The van der Waals surface area contributed by atoms with Crippen molar-refractivity contribution < 1.29 is 14.6 Å². The molecule has 0 saturated carbocycles. The minimum Gasteiger partial charge on any atom is -0.479 e. The highest BCUT2D eigenvalue weighted by molar-refractivity contribution is 6.05. The summed E-state index contributed by atoms with van der Waals surface area (Å²) in [6, 6.07) is 1.69. The van der Waals surface area contributed by atoms with E-state index < -0.39 is 0 Å². The summed E-state index contributed by atoms with van der Waals surface area (Å²) >= 11 is 0. The van der Waals surface area contributed by atoms with E-state index in [0.29, 0.717) is 31.1 Å². The van der Waals surface area contributed by atoms with Crippen LogP contribution in [0.5, 0.6) is 5.88 Å². The summed E-state index contributed by atoms with van der Waals surface area (Å²) in [6.45, 7) is 12.2. The molecule has 4 N–H and O–H groups in total. The molecule has 3 aromatic heterocycles. The van der Waals surface area contributed by atoms with E-state index in [9.17, 15) is 5.11 Å². The van der Waals surface area contributed by atoms with Crippen LogP contribution < -0.4 is 10.5 Å². The van der Waals surface area contributed by atoms with Gasteiger partial charge in [-0.2, -0.15) is 10.2 Å². The molecule has 4 rings (SSSR count). The van der Waals surface area contributed by atoms with Crippen LogP contribution in [-0.4, -0.2) is 85.7 Å². The first kappa shape index (κ1) is 28.3. The molecule has 39 heavy (non-hydrogen) atoms. The van der Waals surface area contributed by atoms with Gasteiger partial charge in [0.1, 0.15) is 6.10 Å². The number of aliphatic hydroxyl groups excluding tert-OH is 1. The number of aromatic nitrogens is 5. The van der Waals surface area contributed by atoms with Crippen LogP contribution >= 0.6 is 0 Å². The maximum absolute atomic E-state index is 9.82. The molecule has 0 fully saturated rings. The van der Waals surface area contributed by atoms with Crippen molar-refractivity contribution >= 4 is 22.7 Å².